The van der Waals surface area contributed by atoms with Gasteiger partial charge in [0.1, 0.15) is 0 Å². The van der Waals surface area contributed by atoms with Crippen LogP contribution >= 0.6 is 11.3 Å². The Balaban J connectivity index is 1.69. The number of Topliss-reactive ketones (excluding diaryl/α,β-unsaturated/α-hetero) is 1. The number of allylic oxidation sites excluding steroid dienone is 2. The van der Waals surface area contributed by atoms with Crippen molar-refractivity contribution in [3.05, 3.63) is 69.1 Å². The maximum absolute atomic E-state index is 13.3. The summed E-state index contributed by atoms with van der Waals surface area (Å²) in [5.74, 6) is 1.04. The molecule has 1 aromatic carbocycles. The van der Waals surface area contributed by atoms with Crippen LogP contribution in [0.25, 0.3) is 11.3 Å². The number of hydrogen-bond acceptors (Lipinski definition) is 4. The molecule has 0 radical (unpaired) electrons. The first-order valence-corrected chi connectivity index (χ1v) is 11.1. The highest BCUT2D eigenvalue weighted by Crippen LogP contribution is 2.51. The van der Waals surface area contributed by atoms with Gasteiger partial charge in [-0.3, -0.25) is 9.89 Å². The van der Waals surface area contributed by atoms with Gasteiger partial charge in [-0.1, -0.05) is 51.1 Å². The second kappa shape index (κ2) is 6.70. The van der Waals surface area contributed by atoms with Crippen LogP contribution < -0.4 is 5.32 Å². The molecule has 0 saturated heterocycles. The zero-order valence-corrected chi connectivity index (χ0v) is 17.8. The van der Waals surface area contributed by atoms with Crippen molar-refractivity contribution in [1.29, 1.82) is 0 Å². The highest BCUT2D eigenvalue weighted by Gasteiger charge is 2.43. The molecule has 4 nitrogen and oxygen atoms in total. The lowest BCUT2D eigenvalue weighted by atomic mass is 9.70. The lowest BCUT2D eigenvalue weighted by Crippen LogP contribution is -2.33. The van der Waals surface area contributed by atoms with Gasteiger partial charge >= 0.3 is 0 Å². The molecular weight excluding hydrogens is 378 g/mol. The van der Waals surface area contributed by atoms with Crippen LogP contribution in [0.5, 0.6) is 0 Å². The first kappa shape index (κ1) is 18.4. The number of H-pyrrole nitrogens is 1. The molecule has 0 saturated carbocycles. The molecule has 0 amide bonds. The first-order chi connectivity index (χ1) is 14.0. The summed E-state index contributed by atoms with van der Waals surface area (Å²) in [5.41, 5.74) is 6.43. The molecule has 2 aromatic heterocycles. The summed E-state index contributed by atoms with van der Waals surface area (Å²) in [6.45, 7) is 6.49. The van der Waals surface area contributed by atoms with Gasteiger partial charge in [-0.2, -0.15) is 5.10 Å². The number of aromatic nitrogens is 2. The van der Waals surface area contributed by atoms with Crippen molar-refractivity contribution >= 4 is 22.9 Å². The van der Waals surface area contributed by atoms with E-state index in [1.54, 1.807) is 11.3 Å². The van der Waals surface area contributed by atoms with E-state index in [4.69, 9.17) is 0 Å². The SMILES string of the molecule is CCc1ccc(-c2[nH]nc3c2[C@@H](c2cccs2)C2=C(CC(C)(C)CC2=O)N3)cc1. The Kier molecular flexibility index (Phi) is 4.24. The lowest BCUT2D eigenvalue weighted by molar-refractivity contribution is -0.118. The summed E-state index contributed by atoms with van der Waals surface area (Å²) < 4.78 is 0. The fraction of sp³-hybridized carbons (Fsp3) is 0.333. The summed E-state index contributed by atoms with van der Waals surface area (Å²) in [6, 6.07) is 12.8. The fourth-order valence-electron chi connectivity index (χ4n) is 4.66. The zero-order chi connectivity index (χ0) is 20.2. The van der Waals surface area contributed by atoms with Crippen LogP contribution in [0.4, 0.5) is 5.82 Å². The minimum Gasteiger partial charge on any atom is -0.342 e. The van der Waals surface area contributed by atoms with Crippen molar-refractivity contribution in [3.63, 3.8) is 0 Å². The third-order valence-corrected chi connectivity index (χ3v) is 6.99. The number of carbonyl (C=O) groups excluding carboxylic acids is 1. The fourth-order valence-corrected chi connectivity index (χ4v) is 5.51. The first-order valence-electron chi connectivity index (χ1n) is 10.2. The highest BCUT2D eigenvalue weighted by atomic mass is 32.1. The van der Waals surface area contributed by atoms with Crippen LogP contribution in [0.1, 0.15) is 55.5 Å². The molecule has 2 aliphatic rings. The summed E-state index contributed by atoms with van der Waals surface area (Å²) >= 11 is 1.71. The molecule has 3 aromatic rings. The van der Waals surface area contributed by atoms with Crippen LogP contribution in [0.15, 0.2) is 53.0 Å². The number of rotatable bonds is 3. The number of benzene rings is 1. The molecular formula is C24H25N3OS. The van der Waals surface area contributed by atoms with Crippen molar-refractivity contribution in [1.82, 2.24) is 10.2 Å². The number of aromatic amines is 1. The summed E-state index contributed by atoms with van der Waals surface area (Å²) in [7, 11) is 0. The lowest BCUT2D eigenvalue weighted by Gasteiger charge is -2.37. The molecule has 0 bridgehead atoms. The van der Waals surface area contributed by atoms with E-state index in [1.807, 2.05) is 0 Å². The molecule has 1 atom stereocenters. The van der Waals surface area contributed by atoms with Crippen molar-refractivity contribution in [2.24, 2.45) is 5.41 Å². The van der Waals surface area contributed by atoms with Crippen LogP contribution in [-0.4, -0.2) is 16.0 Å². The largest absolute Gasteiger partial charge is 0.342 e. The van der Waals surface area contributed by atoms with Gasteiger partial charge in [0.2, 0.25) is 0 Å². The minimum atomic E-state index is -0.0653. The van der Waals surface area contributed by atoms with Crippen molar-refractivity contribution in [3.8, 4) is 11.3 Å². The van der Waals surface area contributed by atoms with Gasteiger partial charge in [-0.15, -0.1) is 11.3 Å². The molecule has 0 fully saturated rings. The molecule has 1 aliphatic heterocycles. The normalized spacial score (nSPS) is 20.2. The Morgan fingerprint density at radius 2 is 1.97 bits per heavy atom. The summed E-state index contributed by atoms with van der Waals surface area (Å²) in [4.78, 5) is 14.5. The van der Waals surface area contributed by atoms with E-state index >= 15 is 0 Å². The van der Waals surface area contributed by atoms with Crippen molar-refractivity contribution in [2.75, 3.05) is 5.32 Å². The number of hydrogen-bond donors (Lipinski definition) is 2. The van der Waals surface area contributed by atoms with E-state index in [0.717, 1.165) is 46.8 Å². The van der Waals surface area contributed by atoms with Gasteiger partial charge in [0.05, 0.1) is 11.6 Å². The van der Waals surface area contributed by atoms with E-state index in [2.05, 4.69) is 78.1 Å². The summed E-state index contributed by atoms with van der Waals surface area (Å²) in [5, 5.41) is 13.5. The molecule has 0 unspecified atom stereocenters. The predicted molar refractivity (Wildman–Crippen MR) is 118 cm³/mol. The topological polar surface area (TPSA) is 57.8 Å². The Labute approximate surface area is 175 Å². The second-order valence-electron chi connectivity index (χ2n) is 8.82. The quantitative estimate of drug-likeness (QED) is 0.572. The third kappa shape index (κ3) is 3.04. The van der Waals surface area contributed by atoms with E-state index in [0.29, 0.717) is 6.42 Å². The van der Waals surface area contributed by atoms with Gasteiger partial charge in [-0.25, -0.2) is 0 Å². The maximum atomic E-state index is 13.3. The van der Waals surface area contributed by atoms with Gasteiger partial charge in [0.25, 0.3) is 0 Å². The van der Waals surface area contributed by atoms with Crippen molar-refractivity contribution < 1.29 is 4.79 Å². The molecule has 5 rings (SSSR count). The number of aryl methyl sites for hydroxylation is 1. The van der Waals surface area contributed by atoms with E-state index < -0.39 is 0 Å². The van der Waals surface area contributed by atoms with E-state index in [9.17, 15) is 4.79 Å². The van der Waals surface area contributed by atoms with E-state index in [-0.39, 0.29) is 17.1 Å². The molecule has 0 spiro atoms. The second-order valence-corrected chi connectivity index (χ2v) is 9.80. The number of nitrogens with one attached hydrogen (secondary N) is 2. The third-order valence-electron chi connectivity index (χ3n) is 6.05. The molecule has 1 aliphatic carbocycles. The average molecular weight is 404 g/mol. The predicted octanol–water partition coefficient (Wildman–Crippen LogP) is 5.90. The number of nitrogens with zero attached hydrogens (tertiary/aromatic N) is 1. The summed E-state index contributed by atoms with van der Waals surface area (Å²) in [6.07, 6.45) is 2.47. The van der Waals surface area contributed by atoms with Gasteiger partial charge < -0.3 is 5.32 Å². The van der Waals surface area contributed by atoms with Crippen LogP contribution in [0.2, 0.25) is 0 Å². The average Bonchev–Trinajstić information content (AvgIpc) is 3.35. The molecule has 5 heteroatoms. The van der Waals surface area contributed by atoms with Gasteiger partial charge in [0, 0.05) is 28.1 Å². The van der Waals surface area contributed by atoms with Gasteiger partial charge in [0.15, 0.2) is 11.6 Å². The smallest absolute Gasteiger partial charge is 0.162 e. The zero-order valence-electron chi connectivity index (χ0n) is 17.0. The van der Waals surface area contributed by atoms with Crippen LogP contribution in [0, 0.1) is 5.41 Å². The van der Waals surface area contributed by atoms with Crippen LogP contribution in [-0.2, 0) is 11.2 Å². The standard InChI is InChI=1S/C24H25N3OS/c1-4-14-7-9-15(10-8-14)22-21-20(18-6-5-11-29-18)19-16(25-23(21)27-26-22)12-24(2,3)13-17(19)28/h5-11,20H,4,12-13H2,1-3H3,(H2,25,26,27)/t20-/m0/s1. The number of carbonyl (C=O) groups is 1. The Morgan fingerprint density at radius 1 is 1.17 bits per heavy atom. The van der Waals surface area contributed by atoms with E-state index in [1.165, 1.54) is 10.4 Å². The Bertz CT molecular complexity index is 1100. The number of anilines is 1. The molecule has 3 heterocycles. The van der Waals surface area contributed by atoms with Crippen LogP contribution in [0.3, 0.4) is 0 Å². The number of fused-ring (bicyclic) bond motifs is 1. The molecule has 29 heavy (non-hydrogen) atoms. The van der Waals surface area contributed by atoms with Gasteiger partial charge in [-0.05, 0) is 40.8 Å². The maximum Gasteiger partial charge on any atom is 0.162 e. The molecule has 148 valence electrons. The number of thiophene rings is 1. The minimum absolute atomic E-state index is 0.0322. The monoisotopic (exact) mass is 403 g/mol. The van der Waals surface area contributed by atoms with Crippen molar-refractivity contribution in [2.45, 2.75) is 46.0 Å². The Morgan fingerprint density at radius 3 is 2.66 bits per heavy atom. The highest BCUT2D eigenvalue weighted by molar-refractivity contribution is 7.10. The molecule has 2 N–H and O–H groups in total. The Hall–Kier alpha value is -2.66. The number of ketones is 1.